The molecule has 10 nitrogen and oxygen atoms in total. The van der Waals surface area contributed by atoms with Crippen LogP contribution in [0.25, 0.3) is 11.5 Å². The Kier molecular flexibility index (Phi) is 4.77. The van der Waals surface area contributed by atoms with Crippen molar-refractivity contribution in [3.05, 3.63) is 54.8 Å². The average molecular weight is 360 g/mol. The summed E-state index contributed by atoms with van der Waals surface area (Å²) in [5.41, 5.74) is 2.48. The molecule has 2 aromatic heterocycles. The van der Waals surface area contributed by atoms with Crippen molar-refractivity contribution < 1.29 is 17.7 Å². The van der Waals surface area contributed by atoms with E-state index in [2.05, 4.69) is 25.5 Å². The lowest BCUT2D eigenvalue weighted by molar-refractivity contribution is -0.121. The van der Waals surface area contributed by atoms with Crippen molar-refractivity contribution >= 4 is 15.9 Å². The molecule has 0 unspecified atom stereocenters. The largest absolute Gasteiger partial charge is 0.338 e. The van der Waals surface area contributed by atoms with E-state index in [-0.39, 0.29) is 23.0 Å². The molecule has 0 aliphatic carbocycles. The highest BCUT2D eigenvalue weighted by Crippen LogP contribution is 2.11. The first-order valence-corrected chi connectivity index (χ1v) is 8.47. The summed E-state index contributed by atoms with van der Waals surface area (Å²) in [4.78, 5) is 25.7. The molecule has 0 atom stereocenters. The second-order valence-corrected chi connectivity index (χ2v) is 6.43. The molecule has 3 rings (SSSR count). The Balaban J connectivity index is 1.59. The summed E-state index contributed by atoms with van der Waals surface area (Å²) in [5.74, 6) is -0.466. The van der Waals surface area contributed by atoms with E-state index in [1.165, 1.54) is 30.7 Å². The summed E-state index contributed by atoms with van der Waals surface area (Å²) < 4.78 is 28.9. The normalized spacial score (nSPS) is 11.2. The molecule has 128 valence electrons. The van der Waals surface area contributed by atoms with Crippen molar-refractivity contribution in [3.63, 3.8) is 0 Å². The number of aromatic nitrogens is 4. The summed E-state index contributed by atoms with van der Waals surface area (Å²) in [6, 6.07) is 7.63. The number of carbonyl (C=O) groups excluding carboxylic acids is 1. The second kappa shape index (κ2) is 7.15. The molecular formula is C14H12N6O4S. The topological polar surface area (TPSA) is 140 Å². The monoisotopic (exact) mass is 360 g/mol. The van der Waals surface area contributed by atoms with Crippen molar-refractivity contribution in [1.82, 2.24) is 30.4 Å². The van der Waals surface area contributed by atoms with Crippen LogP contribution in [0.4, 0.5) is 0 Å². The van der Waals surface area contributed by atoms with Gasteiger partial charge in [0.1, 0.15) is 12.1 Å². The molecule has 0 aliphatic rings. The van der Waals surface area contributed by atoms with E-state index < -0.39 is 15.9 Å². The summed E-state index contributed by atoms with van der Waals surface area (Å²) in [7, 11) is -3.85. The van der Waals surface area contributed by atoms with Gasteiger partial charge in [-0.3, -0.25) is 15.2 Å². The molecule has 2 N–H and O–H groups in total. The molecule has 0 saturated heterocycles. The number of amides is 1. The van der Waals surface area contributed by atoms with Gasteiger partial charge in [0.05, 0.1) is 11.1 Å². The predicted octanol–water partition coefficient (Wildman–Crippen LogP) is 0.0788. The molecule has 0 saturated carbocycles. The van der Waals surface area contributed by atoms with Gasteiger partial charge in [-0.25, -0.2) is 13.4 Å². The first-order chi connectivity index (χ1) is 12.0. The summed E-state index contributed by atoms with van der Waals surface area (Å²) in [6.45, 7) is 0. The van der Waals surface area contributed by atoms with Gasteiger partial charge in [0.25, 0.3) is 10.0 Å². The van der Waals surface area contributed by atoms with E-state index in [9.17, 15) is 13.2 Å². The zero-order valence-electron chi connectivity index (χ0n) is 12.7. The lowest BCUT2D eigenvalue weighted by atomic mass is 10.4. The third-order valence-electron chi connectivity index (χ3n) is 2.95. The third kappa shape index (κ3) is 4.22. The number of carbonyl (C=O) groups is 1. The van der Waals surface area contributed by atoms with Gasteiger partial charge in [-0.15, -0.1) is 4.83 Å². The maximum Gasteiger partial charge on any atom is 0.257 e. The molecule has 0 fully saturated rings. The zero-order valence-corrected chi connectivity index (χ0v) is 13.5. The van der Waals surface area contributed by atoms with Crippen LogP contribution in [0.2, 0.25) is 0 Å². The van der Waals surface area contributed by atoms with Gasteiger partial charge in [0.15, 0.2) is 0 Å². The van der Waals surface area contributed by atoms with Crippen LogP contribution < -0.4 is 10.3 Å². The van der Waals surface area contributed by atoms with Crippen LogP contribution in [0.15, 0.2) is 58.3 Å². The lowest BCUT2D eigenvalue weighted by Crippen LogP contribution is -2.42. The Morgan fingerprint density at radius 2 is 1.96 bits per heavy atom. The van der Waals surface area contributed by atoms with Gasteiger partial charge >= 0.3 is 0 Å². The fraction of sp³-hybridized carbons (Fsp3) is 0.0714. The Morgan fingerprint density at radius 1 is 1.16 bits per heavy atom. The number of sulfonamides is 1. The standard InChI is InChI=1S/C14H12N6O4S/c21-12(18-20-25(22,23)10-4-2-1-3-5-10)8-13-17-14(19-24-13)11-9-15-6-7-16-11/h1-7,9,20H,8H2,(H,18,21). The number of hydrazine groups is 1. The molecule has 0 spiro atoms. The van der Waals surface area contributed by atoms with Gasteiger partial charge in [-0.2, -0.15) is 4.98 Å². The third-order valence-corrected chi connectivity index (χ3v) is 4.21. The SMILES string of the molecule is O=C(Cc1nc(-c2cnccn2)no1)NNS(=O)(=O)c1ccccc1. The molecule has 11 heteroatoms. The van der Waals surface area contributed by atoms with Crippen LogP contribution in [0.5, 0.6) is 0 Å². The van der Waals surface area contributed by atoms with Crippen molar-refractivity contribution in [3.8, 4) is 11.5 Å². The second-order valence-electron chi connectivity index (χ2n) is 4.75. The van der Waals surface area contributed by atoms with Crippen LogP contribution in [0, 0.1) is 0 Å². The van der Waals surface area contributed by atoms with Crippen molar-refractivity contribution in [2.24, 2.45) is 0 Å². The van der Waals surface area contributed by atoms with Gasteiger partial charge in [-0.1, -0.05) is 23.4 Å². The number of nitrogens with one attached hydrogen (secondary N) is 2. The quantitative estimate of drug-likeness (QED) is 0.589. The molecule has 1 amide bonds. The number of hydrogen-bond acceptors (Lipinski definition) is 8. The summed E-state index contributed by atoms with van der Waals surface area (Å²) in [6.07, 6.45) is 4.11. The number of nitrogens with zero attached hydrogens (tertiary/aromatic N) is 4. The van der Waals surface area contributed by atoms with Gasteiger partial charge < -0.3 is 4.52 Å². The highest BCUT2D eigenvalue weighted by atomic mass is 32.2. The van der Waals surface area contributed by atoms with Crippen LogP contribution in [-0.2, 0) is 21.2 Å². The minimum absolute atomic E-state index is 0.0112. The van der Waals surface area contributed by atoms with E-state index in [0.29, 0.717) is 5.69 Å². The molecule has 3 aromatic rings. The molecule has 25 heavy (non-hydrogen) atoms. The van der Waals surface area contributed by atoms with Crippen molar-refractivity contribution in [1.29, 1.82) is 0 Å². The molecular weight excluding hydrogens is 348 g/mol. The van der Waals surface area contributed by atoms with Gasteiger partial charge in [-0.05, 0) is 12.1 Å². The summed E-state index contributed by atoms with van der Waals surface area (Å²) in [5, 5.41) is 3.69. The van der Waals surface area contributed by atoms with Crippen LogP contribution >= 0.6 is 0 Å². The van der Waals surface area contributed by atoms with Crippen LogP contribution in [0.3, 0.4) is 0 Å². The van der Waals surface area contributed by atoms with Gasteiger partial charge in [0.2, 0.25) is 17.6 Å². The number of hydrogen-bond donors (Lipinski definition) is 2. The van der Waals surface area contributed by atoms with E-state index >= 15 is 0 Å². The first kappa shape index (κ1) is 16.7. The van der Waals surface area contributed by atoms with Crippen molar-refractivity contribution in [2.75, 3.05) is 0 Å². The number of rotatable bonds is 6. The minimum Gasteiger partial charge on any atom is -0.338 e. The highest BCUT2D eigenvalue weighted by molar-refractivity contribution is 7.89. The minimum atomic E-state index is -3.85. The Morgan fingerprint density at radius 3 is 2.68 bits per heavy atom. The molecule has 0 aliphatic heterocycles. The number of benzene rings is 1. The van der Waals surface area contributed by atoms with E-state index in [4.69, 9.17) is 4.52 Å². The Labute approximate surface area is 142 Å². The van der Waals surface area contributed by atoms with E-state index in [0.717, 1.165) is 0 Å². The Bertz CT molecular complexity index is 959. The fourth-order valence-corrected chi connectivity index (χ4v) is 2.69. The van der Waals surface area contributed by atoms with E-state index in [1.54, 1.807) is 18.2 Å². The van der Waals surface area contributed by atoms with Crippen LogP contribution in [-0.4, -0.2) is 34.4 Å². The molecule has 2 heterocycles. The molecule has 0 bridgehead atoms. The average Bonchev–Trinajstić information content (AvgIpc) is 3.10. The van der Waals surface area contributed by atoms with Crippen LogP contribution in [0.1, 0.15) is 5.89 Å². The molecule has 0 radical (unpaired) electrons. The van der Waals surface area contributed by atoms with Crippen molar-refractivity contribution in [2.45, 2.75) is 11.3 Å². The lowest BCUT2D eigenvalue weighted by Gasteiger charge is -2.07. The maximum atomic E-state index is 12.0. The predicted molar refractivity (Wildman–Crippen MR) is 83.9 cm³/mol. The maximum absolute atomic E-state index is 12.0. The smallest absolute Gasteiger partial charge is 0.257 e. The van der Waals surface area contributed by atoms with E-state index in [1.807, 2.05) is 4.83 Å². The Hall–Kier alpha value is -3.18. The fourth-order valence-electron chi connectivity index (χ4n) is 1.81. The highest BCUT2D eigenvalue weighted by Gasteiger charge is 2.17. The zero-order chi connectivity index (χ0) is 17.7. The van der Waals surface area contributed by atoms with Gasteiger partial charge in [0, 0.05) is 12.4 Å². The molecule has 1 aromatic carbocycles. The summed E-state index contributed by atoms with van der Waals surface area (Å²) >= 11 is 0. The first-order valence-electron chi connectivity index (χ1n) is 6.99.